The zero-order valence-electron chi connectivity index (χ0n) is 10.7. The van der Waals surface area contributed by atoms with E-state index in [1.807, 2.05) is 6.07 Å². The van der Waals surface area contributed by atoms with Gasteiger partial charge in [0.1, 0.15) is 5.82 Å². The lowest BCUT2D eigenvalue weighted by atomic mass is 9.95. The summed E-state index contributed by atoms with van der Waals surface area (Å²) in [7, 11) is 0. The molecule has 0 aliphatic carbocycles. The molecule has 0 saturated heterocycles. The molecule has 0 spiro atoms. The predicted molar refractivity (Wildman–Crippen MR) is 67.9 cm³/mol. The Morgan fingerprint density at radius 1 is 1.41 bits per heavy atom. The van der Waals surface area contributed by atoms with Crippen LogP contribution in [0.3, 0.4) is 0 Å². The van der Waals surface area contributed by atoms with Crippen LogP contribution in [-0.4, -0.2) is 23.8 Å². The Morgan fingerprint density at radius 2 is 2.12 bits per heavy atom. The van der Waals surface area contributed by atoms with Crippen LogP contribution in [0.1, 0.15) is 38.7 Å². The standard InChI is InChI=1S/C14H20FNO/c1-9(2)16-8-11(7-10(3)17)14-12(15)5-4-6-13(14)16/h4-6,9-11,17H,7-8H2,1-3H3. The number of fused-ring (bicyclic) bond motifs is 1. The van der Waals surface area contributed by atoms with Gasteiger partial charge >= 0.3 is 0 Å². The molecule has 17 heavy (non-hydrogen) atoms. The summed E-state index contributed by atoms with van der Waals surface area (Å²) < 4.78 is 13.9. The molecule has 1 heterocycles. The second-order valence-corrected chi connectivity index (χ2v) is 5.20. The van der Waals surface area contributed by atoms with Crippen molar-refractivity contribution in [1.82, 2.24) is 0 Å². The van der Waals surface area contributed by atoms with Crippen LogP contribution < -0.4 is 4.90 Å². The number of aliphatic hydroxyl groups excluding tert-OH is 1. The van der Waals surface area contributed by atoms with Gasteiger partial charge in [-0.05, 0) is 39.3 Å². The van der Waals surface area contributed by atoms with Crippen molar-refractivity contribution in [3.63, 3.8) is 0 Å². The molecule has 0 aromatic heterocycles. The van der Waals surface area contributed by atoms with Crippen LogP contribution >= 0.6 is 0 Å². The molecule has 1 aromatic rings. The van der Waals surface area contributed by atoms with Crippen LogP contribution in [0, 0.1) is 5.82 Å². The molecule has 0 saturated carbocycles. The molecular formula is C14H20FNO. The Kier molecular flexibility index (Phi) is 3.38. The third-order valence-corrected chi connectivity index (χ3v) is 3.41. The smallest absolute Gasteiger partial charge is 0.128 e. The van der Waals surface area contributed by atoms with Gasteiger partial charge in [0, 0.05) is 29.8 Å². The Hall–Kier alpha value is -1.09. The fourth-order valence-electron chi connectivity index (χ4n) is 2.70. The Balaban J connectivity index is 2.38. The van der Waals surface area contributed by atoms with Crippen molar-refractivity contribution in [2.75, 3.05) is 11.4 Å². The van der Waals surface area contributed by atoms with Crippen LogP contribution in [0.2, 0.25) is 0 Å². The maximum absolute atomic E-state index is 13.9. The van der Waals surface area contributed by atoms with Crippen molar-refractivity contribution < 1.29 is 9.50 Å². The number of aliphatic hydroxyl groups is 1. The monoisotopic (exact) mass is 237 g/mol. The lowest BCUT2D eigenvalue weighted by Gasteiger charge is -2.24. The van der Waals surface area contributed by atoms with Crippen LogP contribution in [0.5, 0.6) is 0 Å². The van der Waals surface area contributed by atoms with Gasteiger partial charge in [-0.15, -0.1) is 0 Å². The minimum Gasteiger partial charge on any atom is -0.393 e. The summed E-state index contributed by atoms with van der Waals surface area (Å²) in [4.78, 5) is 2.21. The fraction of sp³-hybridized carbons (Fsp3) is 0.571. The number of nitrogens with zero attached hydrogens (tertiary/aromatic N) is 1. The Bertz CT molecular complexity index is 403. The third-order valence-electron chi connectivity index (χ3n) is 3.41. The maximum atomic E-state index is 13.9. The quantitative estimate of drug-likeness (QED) is 0.873. The third kappa shape index (κ3) is 2.29. The second-order valence-electron chi connectivity index (χ2n) is 5.20. The molecule has 2 nitrogen and oxygen atoms in total. The number of rotatable bonds is 3. The predicted octanol–water partition coefficient (Wildman–Crippen LogP) is 2.91. The zero-order chi connectivity index (χ0) is 12.6. The van der Waals surface area contributed by atoms with Gasteiger partial charge in [-0.1, -0.05) is 6.07 Å². The molecule has 1 N–H and O–H groups in total. The van der Waals surface area contributed by atoms with E-state index in [0.29, 0.717) is 12.5 Å². The van der Waals surface area contributed by atoms with E-state index in [4.69, 9.17) is 0 Å². The number of halogens is 1. The molecule has 1 aliphatic heterocycles. The highest BCUT2D eigenvalue weighted by molar-refractivity contribution is 5.61. The topological polar surface area (TPSA) is 23.5 Å². The van der Waals surface area contributed by atoms with Gasteiger partial charge in [0.05, 0.1) is 6.10 Å². The molecule has 3 heteroatoms. The molecule has 0 radical (unpaired) electrons. The minimum atomic E-state index is -0.389. The van der Waals surface area contributed by atoms with E-state index in [9.17, 15) is 9.50 Å². The SMILES string of the molecule is CC(O)CC1CN(C(C)C)c2cccc(F)c21. The van der Waals surface area contributed by atoms with Gasteiger partial charge in [-0.2, -0.15) is 0 Å². The van der Waals surface area contributed by atoms with Gasteiger partial charge in [-0.3, -0.25) is 0 Å². The molecule has 0 amide bonds. The molecular weight excluding hydrogens is 217 g/mol. The van der Waals surface area contributed by atoms with E-state index in [1.165, 1.54) is 6.07 Å². The average molecular weight is 237 g/mol. The molecule has 94 valence electrons. The number of hydrogen-bond acceptors (Lipinski definition) is 2. The minimum absolute atomic E-state index is 0.105. The van der Waals surface area contributed by atoms with Crippen molar-refractivity contribution in [3.05, 3.63) is 29.6 Å². The molecule has 2 unspecified atom stereocenters. The summed E-state index contributed by atoms with van der Waals surface area (Å²) in [5.41, 5.74) is 1.77. The largest absolute Gasteiger partial charge is 0.393 e. The summed E-state index contributed by atoms with van der Waals surface area (Å²) in [6.07, 6.45) is 0.233. The van der Waals surface area contributed by atoms with Crippen LogP contribution in [0.4, 0.5) is 10.1 Å². The summed E-state index contributed by atoms with van der Waals surface area (Å²) in [5, 5.41) is 9.51. The van der Waals surface area contributed by atoms with E-state index >= 15 is 0 Å². The Morgan fingerprint density at radius 3 is 2.71 bits per heavy atom. The van der Waals surface area contributed by atoms with Gasteiger partial charge < -0.3 is 10.0 Å². The van der Waals surface area contributed by atoms with Crippen molar-refractivity contribution in [1.29, 1.82) is 0 Å². The highest BCUT2D eigenvalue weighted by Gasteiger charge is 2.32. The summed E-state index contributed by atoms with van der Waals surface area (Å²) in [6, 6.07) is 5.60. The molecule has 1 aromatic carbocycles. The van der Waals surface area contributed by atoms with Crippen molar-refractivity contribution in [3.8, 4) is 0 Å². The number of anilines is 1. The summed E-state index contributed by atoms with van der Waals surface area (Å²) in [5.74, 6) is -0.0371. The van der Waals surface area contributed by atoms with Gasteiger partial charge in [-0.25, -0.2) is 4.39 Å². The van der Waals surface area contributed by atoms with Crippen molar-refractivity contribution >= 4 is 5.69 Å². The van der Waals surface area contributed by atoms with E-state index in [-0.39, 0.29) is 17.8 Å². The first-order valence-electron chi connectivity index (χ1n) is 6.23. The molecule has 2 rings (SSSR count). The fourth-order valence-corrected chi connectivity index (χ4v) is 2.70. The molecule has 0 fully saturated rings. The Labute approximate surface area is 102 Å². The van der Waals surface area contributed by atoms with Crippen LogP contribution in [0.25, 0.3) is 0 Å². The van der Waals surface area contributed by atoms with Gasteiger partial charge in [0.15, 0.2) is 0 Å². The normalized spacial score (nSPS) is 20.8. The van der Waals surface area contributed by atoms with E-state index < -0.39 is 0 Å². The number of benzene rings is 1. The first kappa shape index (κ1) is 12.4. The summed E-state index contributed by atoms with van der Waals surface area (Å²) in [6.45, 7) is 6.79. The van der Waals surface area contributed by atoms with Crippen molar-refractivity contribution in [2.24, 2.45) is 0 Å². The van der Waals surface area contributed by atoms with Crippen molar-refractivity contribution in [2.45, 2.75) is 45.3 Å². The lowest BCUT2D eigenvalue weighted by molar-refractivity contribution is 0.175. The highest BCUT2D eigenvalue weighted by atomic mass is 19.1. The van der Waals surface area contributed by atoms with Gasteiger partial charge in [0.2, 0.25) is 0 Å². The van der Waals surface area contributed by atoms with E-state index in [0.717, 1.165) is 17.8 Å². The lowest BCUT2D eigenvalue weighted by Crippen LogP contribution is -2.29. The first-order chi connectivity index (χ1) is 8.00. The van der Waals surface area contributed by atoms with Gasteiger partial charge in [0.25, 0.3) is 0 Å². The average Bonchev–Trinajstić information content (AvgIpc) is 2.57. The number of hydrogen-bond donors (Lipinski definition) is 1. The first-order valence-corrected chi connectivity index (χ1v) is 6.23. The molecule has 1 aliphatic rings. The second kappa shape index (κ2) is 4.65. The zero-order valence-corrected chi connectivity index (χ0v) is 10.7. The van der Waals surface area contributed by atoms with Crippen LogP contribution in [0.15, 0.2) is 18.2 Å². The summed E-state index contributed by atoms with van der Waals surface area (Å²) >= 11 is 0. The molecule has 0 bridgehead atoms. The highest BCUT2D eigenvalue weighted by Crippen LogP contribution is 2.41. The van der Waals surface area contributed by atoms with E-state index in [1.54, 1.807) is 13.0 Å². The van der Waals surface area contributed by atoms with Crippen LogP contribution in [-0.2, 0) is 0 Å². The maximum Gasteiger partial charge on any atom is 0.128 e. The van der Waals surface area contributed by atoms with E-state index in [2.05, 4.69) is 18.7 Å². The molecule has 2 atom stereocenters.